The molecule has 0 aromatic rings. The average molecular weight is 521 g/mol. The second kappa shape index (κ2) is 31.4. The Morgan fingerprint density at radius 3 is 1.00 bits per heavy atom. The van der Waals surface area contributed by atoms with Crippen LogP contribution in [0.2, 0.25) is 0 Å². The molecule has 0 aromatic carbocycles. The molecule has 0 rings (SSSR count). The van der Waals surface area contributed by atoms with Crippen LogP contribution in [0.3, 0.4) is 0 Å². The second-order valence-electron chi connectivity index (χ2n) is 11.8. The van der Waals surface area contributed by atoms with Gasteiger partial charge in [0.05, 0.1) is 0 Å². The van der Waals surface area contributed by atoms with Gasteiger partial charge in [0.25, 0.3) is 0 Å². The Morgan fingerprint density at radius 2 is 0.703 bits per heavy atom. The van der Waals surface area contributed by atoms with Crippen LogP contribution in [0.25, 0.3) is 0 Å². The van der Waals surface area contributed by atoms with Crippen molar-refractivity contribution in [2.45, 2.75) is 206 Å². The fourth-order valence-corrected chi connectivity index (χ4v) is 5.42. The van der Waals surface area contributed by atoms with Gasteiger partial charge in [0.2, 0.25) is 0 Å². The molecule has 0 aliphatic carbocycles. The summed E-state index contributed by atoms with van der Waals surface area (Å²) in [7, 11) is 0. The minimum absolute atomic E-state index is 0.661. The van der Waals surface area contributed by atoms with Crippen molar-refractivity contribution in [2.24, 2.45) is 0 Å². The summed E-state index contributed by atoms with van der Waals surface area (Å²) in [5.41, 5.74) is 0.661. The number of aliphatic carboxylic acids is 1. The summed E-state index contributed by atoms with van der Waals surface area (Å²) in [5, 5.41) is 9.52. The van der Waals surface area contributed by atoms with Crippen LogP contribution >= 0.6 is 0 Å². The van der Waals surface area contributed by atoms with Crippen LogP contribution in [0, 0.1) is 0 Å². The molecule has 0 saturated carbocycles. The van der Waals surface area contributed by atoms with Crippen molar-refractivity contribution in [3.05, 3.63) is 11.6 Å². The van der Waals surface area contributed by atoms with Gasteiger partial charge in [-0.3, -0.25) is 0 Å². The number of hydrogen-bond acceptors (Lipinski definition) is 1. The molecule has 0 amide bonds. The standard InChI is InChI=1S/C35H68O2/c1-3-5-7-9-11-13-15-17-19-21-23-25-27-29-31-33-34(35(36)37)32-30-28-26-24-22-20-18-16-14-12-10-8-6-4-2/h33H,3-32H2,1-2H3,(H,36,37)/b34-33-. The van der Waals surface area contributed by atoms with E-state index in [9.17, 15) is 9.90 Å². The zero-order valence-corrected chi connectivity index (χ0v) is 25.6. The molecule has 0 bridgehead atoms. The molecule has 37 heavy (non-hydrogen) atoms. The Bertz CT molecular complexity index is 482. The van der Waals surface area contributed by atoms with Crippen LogP contribution in [0.5, 0.6) is 0 Å². The van der Waals surface area contributed by atoms with Gasteiger partial charge in [-0.25, -0.2) is 4.79 Å². The molecule has 0 heterocycles. The van der Waals surface area contributed by atoms with Gasteiger partial charge in [-0.05, 0) is 25.7 Å². The Kier molecular flexibility index (Phi) is 30.8. The normalized spacial score (nSPS) is 11.9. The molecule has 0 saturated heterocycles. The lowest BCUT2D eigenvalue weighted by molar-refractivity contribution is -0.132. The molecule has 220 valence electrons. The van der Waals surface area contributed by atoms with E-state index in [1.807, 2.05) is 6.08 Å². The number of allylic oxidation sites excluding steroid dienone is 1. The molecule has 0 aliphatic heterocycles. The van der Waals surface area contributed by atoms with Crippen LogP contribution in [0.4, 0.5) is 0 Å². The van der Waals surface area contributed by atoms with Crippen molar-refractivity contribution in [2.75, 3.05) is 0 Å². The van der Waals surface area contributed by atoms with E-state index in [1.54, 1.807) is 0 Å². The monoisotopic (exact) mass is 521 g/mol. The summed E-state index contributed by atoms with van der Waals surface area (Å²) in [6.45, 7) is 4.57. The summed E-state index contributed by atoms with van der Waals surface area (Å²) in [6, 6.07) is 0. The van der Waals surface area contributed by atoms with Gasteiger partial charge in [-0.15, -0.1) is 0 Å². The Hall–Kier alpha value is -0.790. The van der Waals surface area contributed by atoms with E-state index in [-0.39, 0.29) is 0 Å². The molecule has 0 aromatic heterocycles. The molecule has 2 heteroatoms. The van der Waals surface area contributed by atoms with E-state index >= 15 is 0 Å². The lowest BCUT2D eigenvalue weighted by atomic mass is 10.0. The van der Waals surface area contributed by atoms with Gasteiger partial charge < -0.3 is 5.11 Å². The smallest absolute Gasteiger partial charge is 0.331 e. The van der Waals surface area contributed by atoms with Crippen molar-refractivity contribution in [1.82, 2.24) is 0 Å². The largest absolute Gasteiger partial charge is 0.478 e. The van der Waals surface area contributed by atoms with Crippen LogP contribution < -0.4 is 0 Å². The minimum atomic E-state index is -0.694. The summed E-state index contributed by atoms with van der Waals surface area (Å²) in [6.07, 6.45) is 41.7. The van der Waals surface area contributed by atoms with Crippen LogP contribution in [-0.4, -0.2) is 11.1 Å². The number of hydrogen-bond donors (Lipinski definition) is 1. The Morgan fingerprint density at radius 1 is 0.432 bits per heavy atom. The van der Waals surface area contributed by atoms with E-state index in [0.29, 0.717) is 5.57 Å². The van der Waals surface area contributed by atoms with Crippen LogP contribution in [-0.2, 0) is 4.79 Å². The Labute approximate surface area is 233 Å². The van der Waals surface area contributed by atoms with Crippen molar-refractivity contribution in [1.29, 1.82) is 0 Å². The van der Waals surface area contributed by atoms with Crippen molar-refractivity contribution in [3.8, 4) is 0 Å². The lowest BCUT2D eigenvalue weighted by Gasteiger charge is -2.05. The first-order valence-corrected chi connectivity index (χ1v) is 17.1. The highest BCUT2D eigenvalue weighted by molar-refractivity contribution is 5.86. The maximum absolute atomic E-state index is 11.6. The molecule has 1 N–H and O–H groups in total. The van der Waals surface area contributed by atoms with Gasteiger partial charge in [-0.1, -0.05) is 187 Å². The van der Waals surface area contributed by atoms with Gasteiger partial charge in [0.1, 0.15) is 0 Å². The van der Waals surface area contributed by atoms with Gasteiger partial charge in [0.15, 0.2) is 0 Å². The van der Waals surface area contributed by atoms with Crippen molar-refractivity contribution in [3.63, 3.8) is 0 Å². The summed E-state index contributed by atoms with van der Waals surface area (Å²) >= 11 is 0. The third-order valence-electron chi connectivity index (χ3n) is 8.02. The first-order valence-electron chi connectivity index (χ1n) is 17.1. The third kappa shape index (κ3) is 29.6. The molecule has 2 nitrogen and oxygen atoms in total. The van der Waals surface area contributed by atoms with E-state index in [2.05, 4.69) is 13.8 Å². The molecular weight excluding hydrogens is 452 g/mol. The molecule has 0 aliphatic rings. The van der Waals surface area contributed by atoms with Crippen LogP contribution in [0.1, 0.15) is 206 Å². The first kappa shape index (κ1) is 36.2. The highest BCUT2D eigenvalue weighted by Gasteiger charge is 2.06. The zero-order valence-electron chi connectivity index (χ0n) is 25.6. The van der Waals surface area contributed by atoms with E-state index in [0.717, 1.165) is 25.7 Å². The van der Waals surface area contributed by atoms with Crippen molar-refractivity contribution >= 4 is 5.97 Å². The second-order valence-corrected chi connectivity index (χ2v) is 11.8. The predicted molar refractivity (Wildman–Crippen MR) is 166 cm³/mol. The number of unbranched alkanes of at least 4 members (excludes halogenated alkanes) is 27. The summed E-state index contributed by atoms with van der Waals surface area (Å²) < 4.78 is 0. The molecular formula is C35H68O2. The highest BCUT2D eigenvalue weighted by Crippen LogP contribution is 2.17. The topological polar surface area (TPSA) is 37.3 Å². The van der Waals surface area contributed by atoms with Gasteiger partial charge >= 0.3 is 5.97 Å². The van der Waals surface area contributed by atoms with Gasteiger partial charge in [0, 0.05) is 5.57 Å². The van der Waals surface area contributed by atoms with E-state index in [4.69, 9.17) is 0 Å². The fraction of sp³-hybridized carbons (Fsp3) is 0.914. The third-order valence-corrected chi connectivity index (χ3v) is 8.02. The number of carboxylic acids is 1. The fourth-order valence-electron chi connectivity index (χ4n) is 5.42. The molecule has 0 fully saturated rings. The van der Waals surface area contributed by atoms with Gasteiger partial charge in [-0.2, -0.15) is 0 Å². The summed E-state index contributed by atoms with van der Waals surface area (Å²) in [4.78, 5) is 11.6. The highest BCUT2D eigenvalue weighted by atomic mass is 16.4. The Balaban J connectivity index is 3.47. The van der Waals surface area contributed by atoms with E-state index < -0.39 is 5.97 Å². The first-order chi connectivity index (χ1) is 18.2. The maximum Gasteiger partial charge on any atom is 0.331 e. The number of carboxylic acid groups (broad SMARTS) is 1. The molecule has 0 radical (unpaired) electrons. The SMILES string of the molecule is CCCCCCCCCCCCCCCC/C=C(/CCCCCCCCCCCCCCCC)C(=O)O. The zero-order chi connectivity index (χ0) is 27.1. The molecule has 0 atom stereocenters. The molecule has 0 spiro atoms. The van der Waals surface area contributed by atoms with Crippen molar-refractivity contribution < 1.29 is 9.90 Å². The lowest BCUT2D eigenvalue weighted by Crippen LogP contribution is -2.00. The molecule has 0 unspecified atom stereocenters. The summed E-state index contributed by atoms with van der Waals surface area (Å²) in [5.74, 6) is -0.694. The maximum atomic E-state index is 11.6. The average Bonchev–Trinajstić information content (AvgIpc) is 2.89. The number of carbonyl (C=O) groups is 1. The quantitative estimate of drug-likeness (QED) is 0.0728. The minimum Gasteiger partial charge on any atom is -0.478 e. The van der Waals surface area contributed by atoms with E-state index in [1.165, 1.54) is 167 Å². The predicted octanol–water partition coefficient (Wildman–Crippen LogP) is 12.7. The number of rotatable bonds is 31. The van der Waals surface area contributed by atoms with Crippen LogP contribution in [0.15, 0.2) is 11.6 Å².